The van der Waals surface area contributed by atoms with Gasteiger partial charge in [0.1, 0.15) is 48.8 Å². The molecule has 1 amide bonds. The molecule has 2 aliphatic rings. The second-order valence-corrected chi connectivity index (χ2v) is 28.9. The molecule has 14 heteroatoms. The van der Waals surface area contributed by atoms with Crippen LogP contribution in [0.1, 0.15) is 335 Å². The summed E-state index contributed by atoms with van der Waals surface area (Å²) in [6.45, 7) is 2.70. The summed E-state index contributed by atoms with van der Waals surface area (Å²) in [7, 11) is 0. The molecule has 2 rings (SSSR count). The van der Waals surface area contributed by atoms with Crippen LogP contribution < -0.4 is 5.32 Å². The fourth-order valence-electron chi connectivity index (χ4n) is 13.1. The van der Waals surface area contributed by atoms with E-state index in [0.29, 0.717) is 12.8 Å². The Morgan fingerprint density at radius 1 is 0.363 bits per heavy atom. The average molecular weight is 1430 g/mol. The van der Waals surface area contributed by atoms with Crippen molar-refractivity contribution in [3.05, 3.63) is 122 Å². The lowest BCUT2D eigenvalue weighted by Gasteiger charge is -2.46. The molecule has 2 saturated heterocycles. The number of hydrogen-bond donors (Lipinski definition) is 9. The maximum atomic E-state index is 13.4. The highest BCUT2D eigenvalue weighted by Crippen LogP contribution is 2.30. The maximum Gasteiger partial charge on any atom is 0.220 e. The highest BCUT2D eigenvalue weighted by Gasteiger charge is 2.51. The van der Waals surface area contributed by atoms with E-state index >= 15 is 0 Å². The summed E-state index contributed by atoms with van der Waals surface area (Å²) in [5.41, 5.74) is 0. The van der Waals surface area contributed by atoms with Crippen LogP contribution in [0.25, 0.3) is 0 Å². The SMILES string of the molecule is CC/C=C\C/C=C\C/C=C\C/C=C\C/C=C\C/C=C\C/C=C\CCCCCCCCCCCCCCCCCCCC(=O)NC(COC1OC(CO)C(OC2OC(CO)C(O)C(O)C2O)C(O)C1O)C(O)/C=C/CC/C=C/CC/C=C/CCCCCCCCCCCCCCCCCCCCC. The summed E-state index contributed by atoms with van der Waals surface area (Å²) in [6.07, 6.45) is 87.2. The number of nitrogens with one attached hydrogen (secondary N) is 1. The van der Waals surface area contributed by atoms with Gasteiger partial charge in [0.15, 0.2) is 12.6 Å². The number of carbonyl (C=O) groups excluding carboxylic acids is 1. The third-order valence-electron chi connectivity index (χ3n) is 19.6. The predicted octanol–water partition coefficient (Wildman–Crippen LogP) is 19.6. The first-order valence-corrected chi connectivity index (χ1v) is 41.8. The zero-order chi connectivity index (χ0) is 73.7. The molecule has 588 valence electrons. The number of amides is 1. The first-order chi connectivity index (χ1) is 50.1. The second kappa shape index (κ2) is 70.4. The van der Waals surface area contributed by atoms with E-state index in [2.05, 4.69) is 129 Å². The van der Waals surface area contributed by atoms with E-state index in [1.54, 1.807) is 6.08 Å². The molecule has 0 aromatic carbocycles. The van der Waals surface area contributed by atoms with Crippen molar-refractivity contribution in [1.29, 1.82) is 0 Å². The van der Waals surface area contributed by atoms with Gasteiger partial charge in [0.05, 0.1) is 32.0 Å². The largest absolute Gasteiger partial charge is 0.394 e. The summed E-state index contributed by atoms with van der Waals surface area (Å²) >= 11 is 0. The third kappa shape index (κ3) is 52.4. The first-order valence-electron chi connectivity index (χ1n) is 41.8. The monoisotopic (exact) mass is 1430 g/mol. The van der Waals surface area contributed by atoms with Crippen molar-refractivity contribution in [2.75, 3.05) is 19.8 Å². The van der Waals surface area contributed by atoms with Gasteiger partial charge in [-0.15, -0.1) is 0 Å². The van der Waals surface area contributed by atoms with Crippen LogP contribution in [0.3, 0.4) is 0 Å². The topological polar surface area (TPSA) is 228 Å². The van der Waals surface area contributed by atoms with Crippen LogP contribution in [-0.4, -0.2) is 140 Å². The average Bonchev–Trinajstić information content (AvgIpc) is 0.790. The molecular weight excluding hydrogens is 1280 g/mol. The molecular formula is C88H153NO13. The molecule has 0 bridgehead atoms. The summed E-state index contributed by atoms with van der Waals surface area (Å²) in [6, 6.07) is -0.946. The van der Waals surface area contributed by atoms with Crippen LogP contribution >= 0.6 is 0 Å². The van der Waals surface area contributed by atoms with Gasteiger partial charge in [-0.1, -0.05) is 347 Å². The molecule has 14 nitrogen and oxygen atoms in total. The number of carbonyl (C=O) groups is 1. The Balaban J connectivity index is 1.61. The van der Waals surface area contributed by atoms with Crippen molar-refractivity contribution in [1.82, 2.24) is 5.32 Å². The van der Waals surface area contributed by atoms with E-state index in [9.17, 15) is 45.6 Å². The van der Waals surface area contributed by atoms with Gasteiger partial charge in [-0.3, -0.25) is 4.79 Å². The Morgan fingerprint density at radius 2 is 0.686 bits per heavy atom. The molecule has 9 N–H and O–H groups in total. The lowest BCUT2D eigenvalue weighted by atomic mass is 9.97. The normalized spacial score (nSPS) is 22.3. The van der Waals surface area contributed by atoms with E-state index in [0.717, 1.165) is 89.9 Å². The molecule has 102 heavy (non-hydrogen) atoms. The molecule has 0 aromatic rings. The van der Waals surface area contributed by atoms with Gasteiger partial charge >= 0.3 is 0 Å². The summed E-state index contributed by atoms with van der Waals surface area (Å²) in [5, 5.41) is 87.7. The van der Waals surface area contributed by atoms with Gasteiger partial charge in [0.2, 0.25) is 5.91 Å². The van der Waals surface area contributed by atoms with Gasteiger partial charge < -0.3 is 65.1 Å². The highest BCUT2D eigenvalue weighted by atomic mass is 16.7. The molecule has 12 atom stereocenters. The van der Waals surface area contributed by atoms with Gasteiger partial charge in [-0.25, -0.2) is 0 Å². The van der Waals surface area contributed by atoms with Crippen molar-refractivity contribution in [2.45, 2.75) is 408 Å². The first kappa shape index (κ1) is 94.5. The van der Waals surface area contributed by atoms with Crippen LogP contribution in [0.5, 0.6) is 0 Å². The van der Waals surface area contributed by atoms with Gasteiger partial charge in [-0.2, -0.15) is 0 Å². The molecule has 0 aromatic heterocycles. The minimum atomic E-state index is -1.80. The van der Waals surface area contributed by atoms with Crippen molar-refractivity contribution < 1.29 is 64.6 Å². The molecule has 0 radical (unpaired) electrons. The van der Waals surface area contributed by atoms with E-state index in [-0.39, 0.29) is 18.9 Å². The quantitative estimate of drug-likeness (QED) is 0.0204. The molecule has 2 aliphatic heterocycles. The number of aliphatic hydroxyl groups is 8. The molecule has 0 aliphatic carbocycles. The third-order valence-corrected chi connectivity index (χ3v) is 19.6. The Morgan fingerprint density at radius 3 is 1.08 bits per heavy atom. The lowest BCUT2D eigenvalue weighted by Crippen LogP contribution is -2.65. The number of aliphatic hydroxyl groups excluding tert-OH is 8. The smallest absolute Gasteiger partial charge is 0.220 e. The van der Waals surface area contributed by atoms with E-state index in [4.69, 9.17) is 18.9 Å². The van der Waals surface area contributed by atoms with Crippen molar-refractivity contribution in [3.63, 3.8) is 0 Å². The predicted molar refractivity (Wildman–Crippen MR) is 424 cm³/mol. The molecule has 0 spiro atoms. The molecule has 0 saturated carbocycles. The fourth-order valence-corrected chi connectivity index (χ4v) is 13.1. The summed E-state index contributed by atoms with van der Waals surface area (Å²) in [4.78, 5) is 13.4. The number of rotatable bonds is 69. The minimum Gasteiger partial charge on any atom is -0.394 e. The zero-order valence-corrected chi connectivity index (χ0v) is 64.6. The Labute approximate surface area is 622 Å². The Bertz CT molecular complexity index is 2180. The molecule has 12 unspecified atom stereocenters. The van der Waals surface area contributed by atoms with Crippen LogP contribution in [0.4, 0.5) is 0 Å². The lowest BCUT2D eigenvalue weighted by molar-refractivity contribution is -0.359. The maximum absolute atomic E-state index is 13.4. The molecule has 2 fully saturated rings. The minimum absolute atomic E-state index is 0.252. The van der Waals surface area contributed by atoms with Crippen LogP contribution in [0, 0.1) is 0 Å². The standard InChI is InChI=1S/C88H153NO13/c1-3-5-7-9-11-13-15-17-19-21-23-25-27-29-31-33-34-35-36-37-38-39-40-41-42-44-46-48-50-52-54-56-58-60-62-64-66-68-70-72-80(93)89-76(75-99-87-85(98)83(96)86(79(74-91)101-87)102-88-84(97)82(95)81(94)78(73-90)100-88)77(92)71-69-67-65-63-61-59-57-55-53-51-49-47-45-43-32-30-28-26-24-22-20-18-16-14-12-10-8-6-4-2/h5,7,11,13,17,19,23,25,29,31,34-35,37-38,53,55,61,63,69,71,76-79,81-88,90-92,94-98H,3-4,6,8-10,12,14-16,18,20-22,24,26-28,30,32-33,36,39-52,54,56-60,62,64-68,70,72-75H2,1-2H3,(H,89,93)/b7-5-,13-11-,19-17-,25-23-,31-29-,35-34-,38-37-,55-53+,63-61+,71-69+. The Hall–Kier alpha value is -3.61. The summed E-state index contributed by atoms with van der Waals surface area (Å²) in [5.74, 6) is -0.252. The Kier molecular flexibility index (Phi) is 65.2. The van der Waals surface area contributed by atoms with Crippen LogP contribution in [-0.2, 0) is 23.7 Å². The number of ether oxygens (including phenoxy) is 4. The van der Waals surface area contributed by atoms with E-state index < -0.39 is 86.8 Å². The van der Waals surface area contributed by atoms with Crippen molar-refractivity contribution >= 4 is 5.91 Å². The van der Waals surface area contributed by atoms with E-state index in [1.807, 2.05) is 6.08 Å². The number of allylic oxidation sites excluding steroid dienone is 19. The van der Waals surface area contributed by atoms with Crippen LogP contribution in [0.15, 0.2) is 122 Å². The summed E-state index contributed by atoms with van der Waals surface area (Å²) < 4.78 is 22.9. The number of hydrogen-bond acceptors (Lipinski definition) is 13. The zero-order valence-electron chi connectivity index (χ0n) is 64.6. The highest BCUT2D eigenvalue weighted by molar-refractivity contribution is 5.76. The number of unbranched alkanes of at least 4 members (excludes halogenated alkanes) is 38. The fraction of sp³-hybridized carbons (Fsp3) is 0.761. The van der Waals surface area contributed by atoms with Crippen molar-refractivity contribution in [3.8, 4) is 0 Å². The van der Waals surface area contributed by atoms with Gasteiger partial charge in [0, 0.05) is 6.42 Å². The van der Waals surface area contributed by atoms with E-state index in [1.165, 1.54) is 212 Å². The second-order valence-electron chi connectivity index (χ2n) is 28.9. The van der Waals surface area contributed by atoms with Gasteiger partial charge in [-0.05, 0) is 103 Å². The molecule has 2 heterocycles. The van der Waals surface area contributed by atoms with Crippen molar-refractivity contribution in [2.24, 2.45) is 0 Å². The van der Waals surface area contributed by atoms with Gasteiger partial charge in [0.25, 0.3) is 0 Å². The van der Waals surface area contributed by atoms with Crippen LogP contribution in [0.2, 0.25) is 0 Å².